The predicted molar refractivity (Wildman–Crippen MR) is 83.1 cm³/mol. The predicted octanol–water partition coefficient (Wildman–Crippen LogP) is 3.04. The second-order valence-corrected chi connectivity index (χ2v) is 6.94. The average molecular weight is 438 g/mol. The molecule has 1 aromatic carbocycles. The van der Waals surface area contributed by atoms with Gasteiger partial charge in [-0.3, -0.25) is 4.79 Å². The number of halogens is 2. The maximum Gasteiger partial charge on any atom is 0.329 e. The van der Waals surface area contributed by atoms with Crippen LogP contribution >= 0.6 is 38.5 Å². The molecule has 1 unspecified atom stereocenters. The van der Waals surface area contributed by atoms with Crippen LogP contribution in [0.2, 0.25) is 0 Å². The van der Waals surface area contributed by atoms with Gasteiger partial charge in [0.05, 0.1) is 5.56 Å². The highest BCUT2D eigenvalue weighted by molar-refractivity contribution is 14.1. The summed E-state index contributed by atoms with van der Waals surface area (Å²) in [5, 5.41) is 12.0. The molecule has 102 valence electrons. The topological polar surface area (TPSA) is 66.4 Å². The largest absolute Gasteiger partial charge is 0.480 e. The van der Waals surface area contributed by atoms with E-state index in [1.165, 1.54) is 0 Å². The van der Waals surface area contributed by atoms with Crippen molar-refractivity contribution in [1.82, 2.24) is 5.32 Å². The van der Waals surface area contributed by atoms with Crippen LogP contribution in [0.5, 0.6) is 0 Å². The van der Waals surface area contributed by atoms with Crippen LogP contribution in [0.1, 0.15) is 30.1 Å². The lowest BCUT2D eigenvalue weighted by atomic mass is 9.95. The fraction of sp³-hybridized carbons (Fsp3) is 0.385. The van der Waals surface area contributed by atoms with Crippen molar-refractivity contribution in [3.05, 3.63) is 31.8 Å². The molecule has 1 fully saturated rings. The number of rotatable bonds is 4. The number of hydrogen-bond acceptors (Lipinski definition) is 2. The highest BCUT2D eigenvalue weighted by atomic mass is 127. The van der Waals surface area contributed by atoms with Crippen LogP contribution in [0, 0.1) is 9.49 Å². The van der Waals surface area contributed by atoms with Crippen molar-refractivity contribution >= 4 is 50.4 Å². The number of carbonyl (C=O) groups excluding carboxylic acids is 1. The van der Waals surface area contributed by atoms with Crippen molar-refractivity contribution in [3.8, 4) is 0 Å². The Labute approximate surface area is 133 Å². The second-order valence-electron chi connectivity index (χ2n) is 4.86. The number of hydrogen-bond donors (Lipinski definition) is 2. The summed E-state index contributed by atoms with van der Waals surface area (Å²) in [7, 11) is 0. The Balaban J connectivity index is 2.25. The number of aliphatic carboxylic acids is 1. The average Bonchev–Trinajstić information content (AvgIpc) is 3.16. The molecule has 2 rings (SSSR count). The van der Waals surface area contributed by atoms with E-state index in [0.29, 0.717) is 5.56 Å². The van der Waals surface area contributed by atoms with Crippen LogP contribution in [0.3, 0.4) is 0 Å². The Morgan fingerprint density at radius 3 is 2.63 bits per heavy atom. The number of carboxylic acids is 1. The molecule has 0 radical (unpaired) electrons. The van der Waals surface area contributed by atoms with Crippen molar-refractivity contribution in [2.75, 3.05) is 0 Å². The molecule has 0 heterocycles. The van der Waals surface area contributed by atoms with E-state index >= 15 is 0 Å². The molecule has 6 heteroatoms. The zero-order valence-corrected chi connectivity index (χ0v) is 14.0. The van der Waals surface area contributed by atoms with Crippen LogP contribution in [0.25, 0.3) is 0 Å². The molecule has 4 nitrogen and oxygen atoms in total. The van der Waals surface area contributed by atoms with Crippen LogP contribution in [0.4, 0.5) is 0 Å². The third-order valence-electron chi connectivity index (χ3n) is 3.38. The van der Waals surface area contributed by atoms with E-state index in [1.54, 1.807) is 13.0 Å². The summed E-state index contributed by atoms with van der Waals surface area (Å²) in [6.07, 6.45) is 1.69. The standard InChI is InChI=1S/C13H13BrINO3/c1-13(12(18)19,7-2-3-7)16-11(17)9-6-8(14)4-5-10(9)15/h4-7H,2-3H2,1H3,(H,16,17)(H,18,19). The third-order valence-corrected chi connectivity index (χ3v) is 4.82. The van der Waals surface area contributed by atoms with E-state index in [9.17, 15) is 14.7 Å². The molecular weight excluding hydrogens is 425 g/mol. The van der Waals surface area contributed by atoms with Gasteiger partial charge < -0.3 is 10.4 Å². The lowest BCUT2D eigenvalue weighted by molar-refractivity contribution is -0.144. The summed E-state index contributed by atoms with van der Waals surface area (Å²) < 4.78 is 1.59. The monoisotopic (exact) mass is 437 g/mol. The smallest absolute Gasteiger partial charge is 0.329 e. The van der Waals surface area contributed by atoms with Gasteiger partial charge in [-0.15, -0.1) is 0 Å². The fourth-order valence-electron chi connectivity index (χ4n) is 1.97. The highest BCUT2D eigenvalue weighted by Crippen LogP contribution is 2.40. The summed E-state index contributed by atoms with van der Waals surface area (Å²) in [6.45, 7) is 1.58. The normalized spacial score (nSPS) is 17.6. The molecule has 0 saturated heterocycles. The number of carboxylic acid groups (broad SMARTS) is 1. The lowest BCUT2D eigenvalue weighted by Gasteiger charge is -2.26. The van der Waals surface area contributed by atoms with Crippen LogP contribution in [-0.4, -0.2) is 22.5 Å². The molecule has 1 atom stereocenters. The maximum absolute atomic E-state index is 12.3. The Morgan fingerprint density at radius 2 is 2.11 bits per heavy atom. The van der Waals surface area contributed by atoms with Gasteiger partial charge >= 0.3 is 5.97 Å². The van der Waals surface area contributed by atoms with Crippen LogP contribution < -0.4 is 5.32 Å². The second kappa shape index (κ2) is 5.40. The summed E-state index contributed by atoms with van der Waals surface area (Å²) >= 11 is 5.38. The van der Waals surface area contributed by atoms with Crippen molar-refractivity contribution in [1.29, 1.82) is 0 Å². The van der Waals surface area contributed by atoms with Gasteiger partial charge in [-0.2, -0.15) is 0 Å². The van der Waals surface area contributed by atoms with E-state index in [-0.39, 0.29) is 11.8 Å². The van der Waals surface area contributed by atoms with Crippen molar-refractivity contribution in [2.45, 2.75) is 25.3 Å². The summed E-state index contributed by atoms with van der Waals surface area (Å²) in [6, 6.07) is 5.36. The summed E-state index contributed by atoms with van der Waals surface area (Å²) in [5.74, 6) is -1.30. The fourth-order valence-corrected chi connectivity index (χ4v) is 2.91. The molecule has 1 aliphatic carbocycles. The van der Waals surface area contributed by atoms with Gasteiger partial charge in [0.1, 0.15) is 5.54 Å². The maximum atomic E-state index is 12.3. The molecule has 2 N–H and O–H groups in total. The van der Waals surface area contributed by atoms with Crippen molar-refractivity contribution < 1.29 is 14.7 Å². The van der Waals surface area contributed by atoms with Crippen LogP contribution in [0.15, 0.2) is 22.7 Å². The minimum atomic E-state index is -1.18. The number of amides is 1. The Morgan fingerprint density at radius 1 is 1.47 bits per heavy atom. The molecule has 0 aliphatic heterocycles. The van der Waals surface area contributed by atoms with E-state index in [2.05, 4.69) is 43.8 Å². The van der Waals surface area contributed by atoms with Crippen molar-refractivity contribution in [2.24, 2.45) is 5.92 Å². The molecule has 0 bridgehead atoms. The van der Waals surface area contributed by atoms with Gasteiger partial charge in [0, 0.05) is 8.04 Å². The number of benzene rings is 1. The quantitative estimate of drug-likeness (QED) is 0.711. The SMILES string of the molecule is CC(NC(=O)c1cc(Br)ccc1I)(C(=O)O)C1CC1. The van der Waals surface area contributed by atoms with Crippen LogP contribution in [-0.2, 0) is 4.79 Å². The zero-order chi connectivity index (χ0) is 14.2. The number of nitrogens with one attached hydrogen (secondary N) is 1. The molecule has 1 amide bonds. The minimum Gasteiger partial charge on any atom is -0.480 e. The lowest BCUT2D eigenvalue weighted by Crippen LogP contribution is -2.54. The first kappa shape index (κ1) is 14.8. The molecule has 1 aromatic rings. The minimum absolute atomic E-state index is 0.0266. The molecule has 19 heavy (non-hydrogen) atoms. The Hall–Kier alpha value is -0.630. The van der Waals surface area contributed by atoms with Gasteiger partial charge in [0.15, 0.2) is 0 Å². The molecule has 1 aliphatic rings. The Kier molecular flexibility index (Phi) is 4.20. The van der Waals surface area contributed by atoms with E-state index in [0.717, 1.165) is 20.9 Å². The third kappa shape index (κ3) is 3.10. The van der Waals surface area contributed by atoms with Gasteiger partial charge in [-0.1, -0.05) is 15.9 Å². The van der Waals surface area contributed by atoms with Crippen molar-refractivity contribution in [3.63, 3.8) is 0 Å². The van der Waals surface area contributed by atoms with Gasteiger partial charge in [0.25, 0.3) is 5.91 Å². The first-order valence-electron chi connectivity index (χ1n) is 5.85. The summed E-state index contributed by atoms with van der Waals surface area (Å²) in [4.78, 5) is 23.7. The van der Waals surface area contributed by atoms with Gasteiger partial charge in [-0.25, -0.2) is 4.79 Å². The molecule has 0 spiro atoms. The van der Waals surface area contributed by atoms with E-state index in [4.69, 9.17) is 0 Å². The highest BCUT2D eigenvalue weighted by Gasteiger charge is 2.48. The zero-order valence-electron chi connectivity index (χ0n) is 10.2. The Bertz CT molecular complexity index is 545. The van der Waals surface area contributed by atoms with E-state index < -0.39 is 11.5 Å². The van der Waals surface area contributed by atoms with E-state index in [1.807, 2.05) is 12.1 Å². The summed E-state index contributed by atoms with van der Waals surface area (Å²) in [5.41, 5.74) is -0.689. The first-order chi connectivity index (χ1) is 8.84. The number of carbonyl (C=O) groups is 2. The molecule has 1 saturated carbocycles. The molecular formula is C13H13BrINO3. The van der Waals surface area contributed by atoms with Gasteiger partial charge in [0.2, 0.25) is 0 Å². The molecule has 0 aromatic heterocycles. The van der Waals surface area contributed by atoms with Gasteiger partial charge in [-0.05, 0) is 66.5 Å². The first-order valence-corrected chi connectivity index (χ1v) is 7.72.